The first kappa shape index (κ1) is 14.8. The third-order valence-electron chi connectivity index (χ3n) is 2.78. The fourth-order valence-corrected chi connectivity index (χ4v) is 1.67. The average molecular weight is 296 g/mol. The summed E-state index contributed by atoms with van der Waals surface area (Å²) in [6.07, 6.45) is -1.90. The number of hydrogen-bond donors (Lipinski definition) is 2. The molecule has 0 aliphatic carbocycles. The molecule has 7 heteroatoms. The minimum Gasteiger partial charge on any atom is -0.505 e. The maximum Gasteiger partial charge on any atom is 0.416 e. The van der Waals surface area contributed by atoms with Crippen LogP contribution in [0.4, 0.5) is 13.2 Å². The minimum absolute atomic E-state index is 0.0527. The highest BCUT2D eigenvalue weighted by atomic mass is 19.4. The molecule has 110 valence electrons. The molecule has 2 N–H and O–H groups in total. The molecule has 0 bridgehead atoms. The molecule has 1 heterocycles. The standard InChI is InChI=1S/C14H11F3N2O2/c15-14(16,17)10-3-1-9(2-4-10)7-19-13(21)11-5-6-18-8-12(11)20/h1-6,8,20H,7H2,(H,19,21). The Morgan fingerprint density at radius 3 is 2.43 bits per heavy atom. The summed E-state index contributed by atoms with van der Waals surface area (Å²) in [6, 6.07) is 5.82. The summed E-state index contributed by atoms with van der Waals surface area (Å²) in [5, 5.41) is 12.0. The van der Waals surface area contributed by atoms with Gasteiger partial charge in [-0.1, -0.05) is 12.1 Å². The number of aromatic nitrogens is 1. The molecule has 0 unspecified atom stereocenters. The topological polar surface area (TPSA) is 62.2 Å². The molecule has 0 aliphatic heterocycles. The van der Waals surface area contributed by atoms with Crippen molar-refractivity contribution in [2.45, 2.75) is 12.7 Å². The Balaban J connectivity index is 2.00. The number of nitrogens with one attached hydrogen (secondary N) is 1. The predicted molar refractivity (Wildman–Crippen MR) is 68.5 cm³/mol. The molecule has 0 saturated heterocycles. The summed E-state index contributed by atoms with van der Waals surface area (Å²) in [6.45, 7) is 0.0543. The average Bonchev–Trinajstić information content (AvgIpc) is 2.45. The Labute approximate surface area is 118 Å². The molecular weight excluding hydrogens is 285 g/mol. The van der Waals surface area contributed by atoms with Gasteiger partial charge in [0.05, 0.1) is 17.3 Å². The van der Waals surface area contributed by atoms with Gasteiger partial charge in [-0.25, -0.2) is 0 Å². The van der Waals surface area contributed by atoms with Crippen LogP contribution in [0.3, 0.4) is 0 Å². The molecule has 21 heavy (non-hydrogen) atoms. The molecule has 2 aromatic rings. The van der Waals surface area contributed by atoms with Crippen LogP contribution in [-0.2, 0) is 12.7 Å². The zero-order valence-corrected chi connectivity index (χ0v) is 10.7. The second-order valence-corrected chi connectivity index (χ2v) is 4.27. The molecule has 1 aromatic heterocycles. The third kappa shape index (κ3) is 3.71. The van der Waals surface area contributed by atoms with E-state index in [0.717, 1.165) is 18.3 Å². The highest BCUT2D eigenvalue weighted by molar-refractivity contribution is 5.96. The number of pyridine rings is 1. The number of amides is 1. The van der Waals surface area contributed by atoms with Crippen molar-refractivity contribution in [1.29, 1.82) is 0 Å². The van der Waals surface area contributed by atoms with Gasteiger partial charge >= 0.3 is 6.18 Å². The monoisotopic (exact) mass is 296 g/mol. The molecule has 0 atom stereocenters. The van der Waals surface area contributed by atoms with Crippen LogP contribution in [0.1, 0.15) is 21.5 Å². The fraction of sp³-hybridized carbons (Fsp3) is 0.143. The smallest absolute Gasteiger partial charge is 0.416 e. The van der Waals surface area contributed by atoms with Crippen molar-refractivity contribution < 1.29 is 23.1 Å². The molecule has 4 nitrogen and oxygen atoms in total. The van der Waals surface area contributed by atoms with E-state index >= 15 is 0 Å². The van der Waals surface area contributed by atoms with Crippen LogP contribution in [-0.4, -0.2) is 16.0 Å². The normalized spacial score (nSPS) is 11.2. The van der Waals surface area contributed by atoms with Crippen LogP contribution in [0.15, 0.2) is 42.7 Å². The van der Waals surface area contributed by atoms with Crippen LogP contribution in [0.5, 0.6) is 5.75 Å². The number of alkyl halides is 3. The second kappa shape index (κ2) is 5.82. The molecule has 1 aromatic carbocycles. The van der Waals surface area contributed by atoms with Crippen LogP contribution < -0.4 is 5.32 Å². The zero-order chi connectivity index (χ0) is 15.5. The lowest BCUT2D eigenvalue weighted by molar-refractivity contribution is -0.137. The SMILES string of the molecule is O=C(NCc1ccc(C(F)(F)F)cc1)c1ccncc1O. The van der Waals surface area contributed by atoms with Gasteiger partial charge in [-0.05, 0) is 23.8 Å². The lowest BCUT2D eigenvalue weighted by Crippen LogP contribution is -2.23. The Morgan fingerprint density at radius 1 is 1.19 bits per heavy atom. The van der Waals surface area contributed by atoms with Crippen LogP contribution >= 0.6 is 0 Å². The van der Waals surface area contributed by atoms with Gasteiger partial charge in [0.15, 0.2) is 0 Å². The van der Waals surface area contributed by atoms with Crippen molar-refractivity contribution in [3.05, 3.63) is 59.4 Å². The lowest BCUT2D eigenvalue weighted by atomic mass is 10.1. The number of carbonyl (C=O) groups is 1. The number of halogens is 3. The molecule has 0 saturated carbocycles. The van der Waals surface area contributed by atoms with E-state index in [-0.39, 0.29) is 17.9 Å². The van der Waals surface area contributed by atoms with Gasteiger partial charge in [-0.2, -0.15) is 13.2 Å². The molecular formula is C14H11F3N2O2. The quantitative estimate of drug-likeness (QED) is 0.915. The van der Waals surface area contributed by atoms with Gasteiger partial charge in [0.1, 0.15) is 5.75 Å². The predicted octanol–water partition coefficient (Wildman–Crippen LogP) is 2.74. The molecule has 0 aliphatic rings. The van der Waals surface area contributed by atoms with Crippen molar-refractivity contribution in [3.8, 4) is 5.75 Å². The molecule has 1 amide bonds. The number of aromatic hydroxyl groups is 1. The van der Waals surface area contributed by atoms with Crippen molar-refractivity contribution in [3.63, 3.8) is 0 Å². The Bertz CT molecular complexity index is 639. The largest absolute Gasteiger partial charge is 0.505 e. The van der Waals surface area contributed by atoms with Gasteiger partial charge in [0.25, 0.3) is 5.91 Å². The summed E-state index contributed by atoms with van der Waals surface area (Å²) in [5.41, 5.74) is -0.175. The third-order valence-corrected chi connectivity index (χ3v) is 2.78. The van der Waals surface area contributed by atoms with Crippen molar-refractivity contribution in [1.82, 2.24) is 10.3 Å². The summed E-state index contributed by atoms with van der Waals surface area (Å²) in [7, 11) is 0. The van der Waals surface area contributed by atoms with Crippen molar-refractivity contribution in [2.24, 2.45) is 0 Å². The van der Waals surface area contributed by atoms with E-state index in [1.807, 2.05) is 0 Å². The van der Waals surface area contributed by atoms with E-state index in [0.29, 0.717) is 5.56 Å². The first-order valence-electron chi connectivity index (χ1n) is 5.95. The Hall–Kier alpha value is -2.57. The van der Waals surface area contributed by atoms with Gasteiger partial charge in [-0.15, -0.1) is 0 Å². The molecule has 0 spiro atoms. The first-order chi connectivity index (χ1) is 9.88. The number of carbonyl (C=O) groups excluding carboxylic acids is 1. The first-order valence-corrected chi connectivity index (χ1v) is 5.95. The van der Waals surface area contributed by atoms with Crippen molar-refractivity contribution in [2.75, 3.05) is 0 Å². The maximum absolute atomic E-state index is 12.4. The van der Waals surface area contributed by atoms with E-state index in [4.69, 9.17) is 0 Å². The van der Waals surface area contributed by atoms with E-state index in [1.54, 1.807) is 0 Å². The Kier molecular flexibility index (Phi) is 4.11. The highest BCUT2D eigenvalue weighted by Gasteiger charge is 2.29. The number of rotatable bonds is 3. The van der Waals surface area contributed by atoms with Crippen LogP contribution in [0.25, 0.3) is 0 Å². The summed E-state index contributed by atoms with van der Waals surface area (Å²) in [4.78, 5) is 15.4. The van der Waals surface area contributed by atoms with Gasteiger partial charge in [0.2, 0.25) is 0 Å². The second-order valence-electron chi connectivity index (χ2n) is 4.27. The lowest BCUT2D eigenvalue weighted by Gasteiger charge is -2.09. The number of benzene rings is 1. The van der Waals surface area contributed by atoms with Gasteiger partial charge < -0.3 is 10.4 Å². The fourth-order valence-electron chi connectivity index (χ4n) is 1.67. The van der Waals surface area contributed by atoms with Crippen LogP contribution in [0, 0.1) is 0 Å². The van der Waals surface area contributed by atoms with E-state index in [9.17, 15) is 23.1 Å². The number of nitrogens with zero attached hydrogens (tertiary/aromatic N) is 1. The summed E-state index contributed by atoms with van der Waals surface area (Å²) >= 11 is 0. The zero-order valence-electron chi connectivity index (χ0n) is 10.7. The van der Waals surface area contributed by atoms with Gasteiger partial charge in [-0.3, -0.25) is 9.78 Å². The Morgan fingerprint density at radius 2 is 1.86 bits per heavy atom. The molecule has 2 rings (SSSR count). The van der Waals surface area contributed by atoms with Crippen molar-refractivity contribution >= 4 is 5.91 Å². The van der Waals surface area contributed by atoms with E-state index < -0.39 is 17.6 Å². The summed E-state index contributed by atoms with van der Waals surface area (Å²) in [5.74, 6) is -0.794. The number of hydrogen-bond acceptors (Lipinski definition) is 3. The molecule has 0 radical (unpaired) electrons. The van der Waals surface area contributed by atoms with Crippen LogP contribution in [0.2, 0.25) is 0 Å². The maximum atomic E-state index is 12.4. The van der Waals surface area contributed by atoms with Gasteiger partial charge in [0, 0.05) is 12.7 Å². The summed E-state index contributed by atoms with van der Waals surface area (Å²) < 4.78 is 37.2. The van der Waals surface area contributed by atoms with E-state index in [1.165, 1.54) is 24.4 Å². The highest BCUT2D eigenvalue weighted by Crippen LogP contribution is 2.29. The van der Waals surface area contributed by atoms with E-state index in [2.05, 4.69) is 10.3 Å². The molecule has 0 fully saturated rings. The minimum atomic E-state index is -4.38.